The zero-order chi connectivity index (χ0) is 14.2. The highest BCUT2D eigenvalue weighted by Gasteiger charge is 2.34. The monoisotopic (exact) mass is 293 g/mol. The summed E-state index contributed by atoms with van der Waals surface area (Å²) >= 11 is 5.74. The summed E-state index contributed by atoms with van der Waals surface area (Å²) in [5.74, 6) is -1.04. The molecule has 2 aromatic rings. The molecule has 1 aromatic heterocycles. The molecule has 19 heavy (non-hydrogen) atoms. The van der Waals surface area contributed by atoms with Crippen LogP contribution in [0.15, 0.2) is 28.8 Å². The van der Waals surface area contributed by atoms with Crippen LogP contribution in [-0.4, -0.2) is 4.98 Å². The Morgan fingerprint density at radius 3 is 2.53 bits per heavy atom. The lowest BCUT2D eigenvalue weighted by Crippen LogP contribution is -2.08. The second-order valence-electron chi connectivity index (χ2n) is 3.87. The highest BCUT2D eigenvalue weighted by atomic mass is 35.5. The van der Waals surface area contributed by atoms with E-state index in [9.17, 15) is 17.6 Å². The summed E-state index contributed by atoms with van der Waals surface area (Å²) in [5, 5.41) is -0.503. The minimum Gasteiger partial charge on any atom is -0.439 e. The van der Waals surface area contributed by atoms with Crippen LogP contribution in [0.5, 0.6) is 0 Å². The standard InChI is InChI=1S/C12H8ClF4NO/c1-6(13)11-18-5-10(19-11)7-2-3-9(14)8(4-7)12(15,16)17/h2-6H,1H3. The highest BCUT2D eigenvalue weighted by molar-refractivity contribution is 6.20. The second-order valence-corrected chi connectivity index (χ2v) is 4.53. The van der Waals surface area contributed by atoms with Gasteiger partial charge < -0.3 is 4.42 Å². The van der Waals surface area contributed by atoms with Crippen LogP contribution in [0.1, 0.15) is 23.8 Å². The predicted octanol–water partition coefficient (Wildman–Crippen LogP) is 4.80. The number of alkyl halides is 4. The smallest absolute Gasteiger partial charge is 0.419 e. The first kappa shape index (κ1) is 13.9. The third-order valence-corrected chi connectivity index (χ3v) is 2.61. The second kappa shape index (κ2) is 4.85. The molecule has 0 radical (unpaired) electrons. The van der Waals surface area contributed by atoms with Gasteiger partial charge in [-0.1, -0.05) is 0 Å². The molecular formula is C12H8ClF4NO. The van der Waals surface area contributed by atoms with Crippen LogP contribution in [0.3, 0.4) is 0 Å². The van der Waals surface area contributed by atoms with E-state index in [1.807, 2.05) is 0 Å². The van der Waals surface area contributed by atoms with Gasteiger partial charge in [0.25, 0.3) is 0 Å². The van der Waals surface area contributed by atoms with Crippen molar-refractivity contribution in [2.24, 2.45) is 0 Å². The van der Waals surface area contributed by atoms with E-state index in [1.165, 1.54) is 12.3 Å². The molecule has 0 aliphatic heterocycles. The maximum absolute atomic E-state index is 13.1. The lowest BCUT2D eigenvalue weighted by atomic mass is 10.1. The zero-order valence-electron chi connectivity index (χ0n) is 9.63. The number of rotatable bonds is 2. The lowest BCUT2D eigenvalue weighted by Gasteiger charge is -2.08. The van der Waals surface area contributed by atoms with Crippen LogP contribution in [0.25, 0.3) is 11.3 Å². The Hall–Kier alpha value is -1.56. The quantitative estimate of drug-likeness (QED) is 0.587. The Bertz CT molecular complexity index is 592. The number of hydrogen-bond donors (Lipinski definition) is 0. The van der Waals surface area contributed by atoms with Crippen LogP contribution >= 0.6 is 11.6 Å². The van der Waals surface area contributed by atoms with E-state index in [0.29, 0.717) is 6.07 Å². The van der Waals surface area contributed by atoms with Crippen LogP contribution in [-0.2, 0) is 6.18 Å². The van der Waals surface area contributed by atoms with Crippen molar-refractivity contribution in [1.82, 2.24) is 4.98 Å². The largest absolute Gasteiger partial charge is 0.439 e. The average molecular weight is 294 g/mol. The first-order chi connectivity index (χ1) is 8.79. The molecule has 0 bridgehead atoms. The van der Waals surface area contributed by atoms with E-state index < -0.39 is 22.9 Å². The molecule has 2 rings (SSSR count). The molecule has 1 unspecified atom stereocenters. The average Bonchev–Trinajstić information content (AvgIpc) is 2.77. The van der Waals surface area contributed by atoms with Crippen molar-refractivity contribution in [3.05, 3.63) is 41.7 Å². The molecule has 0 saturated carbocycles. The fourth-order valence-electron chi connectivity index (χ4n) is 1.50. The van der Waals surface area contributed by atoms with E-state index in [0.717, 1.165) is 6.07 Å². The maximum atomic E-state index is 13.1. The Kier molecular flexibility index (Phi) is 3.54. The van der Waals surface area contributed by atoms with Gasteiger partial charge in [0.15, 0.2) is 5.76 Å². The van der Waals surface area contributed by atoms with Crippen LogP contribution in [0.2, 0.25) is 0 Å². The van der Waals surface area contributed by atoms with Gasteiger partial charge in [0, 0.05) is 5.56 Å². The van der Waals surface area contributed by atoms with Gasteiger partial charge in [-0.05, 0) is 25.1 Å². The van der Waals surface area contributed by atoms with Crippen molar-refractivity contribution in [3.63, 3.8) is 0 Å². The molecule has 0 amide bonds. The van der Waals surface area contributed by atoms with E-state index in [1.54, 1.807) is 6.92 Å². The molecule has 7 heteroatoms. The van der Waals surface area contributed by atoms with E-state index >= 15 is 0 Å². The van der Waals surface area contributed by atoms with Gasteiger partial charge in [0.05, 0.1) is 11.8 Å². The van der Waals surface area contributed by atoms with Crippen LogP contribution in [0, 0.1) is 5.82 Å². The molecule has 0 aliphatic rings. The molecule has 0 N–H and O–H groups in total. The van der Waals surface area contributed by atoms with Crippen molar-refractivity contribution in [2.75, 3.05) is 0 Å². The maximum Gasteiger partial charge on any atom is 0.419 e. The molecule has 0 aliphatic carbocycles. The van der Waals surface area contributed by atoms with E-state index in [2.05, 4.69) is 4.98 Å². The SMILES string of the molecule is CC(Cl)c1ncc(-c2ccc(F)c(C(F)(F)F)c2)o1. The van der Waals surface area contributed by atoms with Crippen molar-refractivity contribution < 1.29 is 22.0 Å². The first-order valence-corrected chi connectivity index (χ1v) is 5.69. The summed E-state index contributed by atoms with van der Waals surface area (Å²) in [5.41, 5.74) is -1.26. The van der Waals surface area contributed by atoms with E-state index in [-0.39, 0.29) is 17.2 Å². The van der Waals surface area contributed by atoms with Crippen molar-refractivity contribution in [2.45, 2.75) is 18.5 Å². The highest BCUT2D eigenvalue weighted by Crippen LogP contribution is 2.34. The zero-order valence-corrected chi connectivity index (χ0v) is 10.4. The summed E-state index contributed by atoms with van der Waals surface area (Å²) in [4.78, 5) is 3.83. The topological polar surface area (TPSA) is 26.0 Å². The van der Waals surface area contributed by atoms with Gasteiger partial charge >= 0.3 is 6.18 Å². The minimum absolute atomic E-state index is 0.0878. The lowest BCUT2D eigenvalue weighted by molar-refractivity contribution is -0.139. The fraction of sp³-hybridized carbons (Fsp3) is 0.250. The number of benzene rings is 1. The summed E-state index contributed by atoms with van der Waals surface area (Å²) < 4.78 is 56.0. The molecular weight excluding hydrogens is 286 g/mol. The Balaban J connectivity index is 2.45. The van der Waals surface area contributed by atoms with Gasteiger partial charge in [-0.2, -0.15) is 13.2 Å². The molecule has 0 fully saturated rings. The number of oxazole rings is 1. The van der Waals surface area contributed by atoms with Crippen molar-refractivity contribution in [1.29, 1.82) is 0 Å². The summed E-state index contributed by atoms with van der Waals surface area (Å²) in [6, 6.07) is 2.61. The van der Waals surface area contributed by atoms with Gasteiger partial charge in [0.2, 0.25) is 5.89 Å². The normalized spacial score (nSPS) is 13.6. The Morgan fingerprint density at radius 2 is 2.00 bits per heavy atom. The van der Waals surface area contributed by atoms with Crippen molar-refractivity contribution in [3.8, 4) is 11.3 Å². The molecule has 2 nitrogen and oxygen atoms in total. The molecule has 0 spiro atoms. The van der Waals surface area contributed by atoms with E-state index in [4.69, 9.17) is 16.0 Å². The third-order valence-electron chi connectivity index (χ3n) is 2.42. The molecule has 102 valence electrons. The van der Waals surface area contributed by atoms with Crippen molar-refractivity contribution >= 4 is 11.6 Å². The molecule has 1 atom stereocenters. The van der Waals surface area contributed by atoms with Crippen LogP contribution < -0.4 is 0 Å². The number of halogens is 5. The third kappa shape index (κ3) is 2.89. The number of aromatic nitrogens is 1. The first-order valence-electron chi connectivity index (χ1n) is 5.26. The van der Waals surface area contributed by atoms with Gasteiger partial charge in [-0.15, -0.1) is 11.6 Å². The Labute approximate surface area is 111 Å². The molecule has 0 saturated heterocycles. The van der Waals surface area contributed by atoms with Gasteiger partial charge in [-0.3, -0.25) is 0 Å². The minimum atomic E-state index is -4.76. The summed E-state index contributed by atoms with van der Waals surface area (Å²) in [6.07, 6.45) is -3.51. The van der Waals surface area contributed by atoms with Crippen LogP contribution in [0.4, 0.5) is 17.6 Å². The summed E-state index contributed by atoms with van der Waals surface area (Å²) in [6.45, 7) is 1.61. The number of nitrogens with zero attached hydrogens (tertiary/aromatic N) is 1. The molecule has 1 aromatic carbocycles. The Morgan fingerprint density at radius 1 is 1.32 bits per heavy atom. The predicted molar refractivity (Wildman–Crippen MR) is 61.2 cm³/mol. The van der Waals surface area contributed by atoms with Gasteiger partial charge in [-0.25, -0.2) is 9.37 Å². The molecule has 1 heterocycles. The summed E-state index contributed by atoms with van der Waals surface area (Å²) in [7, 11) is 0. The van der Waals surface area contributed by atoms with Gasteiger partial charge in [0.1, 0.15) is 11.2 Å². The number of hydrogen-bond acceptors (Lipinski definition) is 2. The fourth-order valence-corrected chi connectivity index (χ4v) is 1.60.